The number of hydrogen-bond acceptors (Lipinski definition) is 2. The van der Waals surface area contributed by atoms with Gasteiger partial charge in [0.05, 0.1) is 7.11 Å². The van der Waals surface area contributed by atoms with Gasteiger partial charge in [0.1, 0.15) is 11.6 Å². The molecule has 0 aliphatic heterocycles. The summed E-state index contributed by atoms with van der Waals surface area (Å²) in [4.78, 5) is 0. The molecule has 2 rings (SSSR count). The van der Waals surface area contributed by atoms with Crippen LogP contribution in [-0.2, 0) is 0 Å². The molecule has 1 fully saturated rings. The predicted octanol–water partition coefficient (Wildman–Crippen LogP) is 3.80. The number of ether oxygens (including phenoxy) is 1. The molecule has 1 atom stereocenters. The van der Waals surface area contributed by atoms with Gasteiger partial charge in [0.25, 0.3) is 0 Å². The second-order valence-electron chi connectivity index (χ2n) is 5.13. The summed E-state index contributed by atoms with van der Waals surface area (Å²) in [6.07, 6.45) is 7.15. The van der Waals surface area contributed by atoms with Gasteiger partial charge < -0.3 is 10.5 Å². The maximum absolute atomic E-state index is 14.0. The summed E-state index contributed by atoms with van der Waals surface area (Å²) in [5.74, 6) is 0.705. The molecule has 0 bridgehead atoms. The molecule has 1 saturated carbocycles. The first-order valence-corrected chi connectivity index (χ1v) is 6.82. The largest absolute Gasteiger partial charge is 0.496 e. The molecule has 0 saturated heterocycles. The van der Waals surface area contributed by atoms with Crippen LogP contribution >= 0.6 is 0 Å². The third-order valence-electron chi connectivity index (χ3n) is 3.97. The minimum absolute atomic E-state index is 0.244. The van der Waals surface area contributed by atoms with Crippen molar-refractivity contribution in [2.45, 2.75) is 44.6 Å². The van der Waals surface area contributed by atoms with Crippen LogP contribution in [0.5, 0.6) is 5.75 Å². The zero-order valence-corrected chi connectivity index (χ0v) is 11.0. The normalized spacial score (nSPS) is 19.3. The van der Waals surface area contributed by atoms with Crippen LogP contribution < -0.4 is 10.5 Å². The van der Waals surface area contributed by atoms with E-state index in [1.165, 1.54) is 31.7 Å². The van der Waals surface area contributed by atoms with Crippen molar-refractivity contribution in [2.75, 3.05) is 7.11 Å². The highest BCUT2D eigenvalue weighted by molar-refractivity contribution is 5.37. The fraction of sp³-hybridized carbons (Fsp3) is 0.600. The second kappa shape index (κ2) is 6.19. The molecular weight excluding hydrogens is 229 g/mol. The third-order valence-corrected chi connectivity index (χ3v) is 3.97. The summed E-state index contributed by atoms with van der Waals surface area (Å²) in [6, 6.07) is 4.67. The summed E-state index contributed by atoms with van der Waals surface area (Å²) in [6.45, 7) is 0. The minimum atomic E-state index is -0.251. The average molecular weight is 251 g/mol. The van der Waals surface area contributed by atoms with E-state index in [1.807, 2.05) is 0 Å². The van der Waals surface area contributed by atoms with Crippen LogP contribution in [0.15, 0.2) is 18.2 Å². The third kappa shape index (κ3) is 2.83. The van der Waals surface area contributed by atoms with Crippen molar-refractivity contribution in [3.63, 3.8) is 0 Å². The van der Waals surface area contributed by atoms with Crippen LogP contribution in [0.3, 0.4) is 0 Å². The Bertz CT molecular complexity index is 386. The van der Waals surface area contributed by atoms with Crippen molar-refractivity contribution in [1.29, 1.82) is 0 Å². The Hall–Kier alpha value is -1.09. The maximum atomic E-state index is 14.0. The van der Waals surface area contributed by atoms with E-state index in [0.29, 0.717) is 17.2 Å². The highest BCUT2D eigenvalue weighted by Gasteiger charge is 2.25. The molecular formula is C15H22FNO. The van der Waals surface area contributed by atoms with Gasteiger partial charge in [0, 0.05) is 11.6 Å². The second-order valence-corrected chi connectivity index (χ2v) is 5.13. The Morgan fingerprint density at radius 3 is 2.50 bits per heavy atom. The van der Waals surface area contributed by atoms with Crippen molar-refractivity contribution < 1.29 is 9.13 Å². The van der Waals surface area contributed by atoms with Crippen molar-refractivity contribution in [1.82, 2.24) is 0 Å². The van der Waals surface area contributed by atoms with Gasteiger partial charge in [-0.3, -0.25) is 0 Å². The van der Waals surface area contributed by atoms with Crippen molar-refractivity contribution in [2.24, 2.45) is 11.7 Å². The lowest BCUT2D eigenvalue weighted by atomic mass is 9.87. The van der Waals surface area contributed by atoms with Gasteiger partial charge >= 0.3 is 0 Å². The predicted molar refractivity (Wildman–Crippen MR) is 71.1 cm³/mol. The number of benzene rings is 1. The molecule has 0 heterocycles. The first-order valence-electron chi connectivity index (χ1n) is 6.82. The number of rotatable bonds is 3. The quantitative estimate of drug-likeness (QED) is 0.829. The lowest BCUT2D eigenvalue weighted by Crippen LogP contribution is -2.23. The zero-order valence-electron chi connectivity index (χ0n) is 11.0. The number of hydrogen-bond donors (Lipinski definition) is 1. The molecule has 2 nitrogen and oxygen atoms in total. The van der Waals surface area contributed by atoms with Crippen LogP contribution in [0.4, 0.5) is 4.39 Å². The van der Waals surface area contributed by atoms with E-state index in [9.17, 15) is 4.39 Å². The lowest BCUT2D eigenvalue weighted by Gasteiger charge is -2.24. The Kier molecular flexibility index (Phi) is 4.59. The first kappa shape index (κ1) is 13.3. The average Bonchev–Trinajstić information content (AvgIpc) is 2.66. The van der Waals surface area contributed by atoms with Gasteiger partial charge in [0.2, 0.25) is 0 Å². The molecule has 3 heteroatoms. The van der Waals surface area contributed by atoms with Gasteiger partial charge in [-0.05, 0) is 30.9 Å². The number of nitrogens with two attached hydrogens (primary N) is 1. The summed E-state index contributed by atoms with van der Waals surface area (Å²) in [5.41, 5.74) is 6.84. The summed E-state index contributed by atoms with van der Waals surface area (Å²) in [7, 11) is 1.57. The molecule has 18 heavy (non-hydrogen) atoms. The molecule has 0 radical (unpaired) electrons. The summed E-state index contributed by atoms with van der Waals surface area (Å²) < 4.78 is 19.2. The Labute approximate surface area is 108 Å². The molecule has 0 spiro atoms. The monoisotopic (exact) mass is 251 g/mol. The highest BCUT2D eigenvalue weighted by Crippen LogP contribution is 2.36. The molecule has 0 amide bonds. The number of halogens is 1. The van der Waals surface area contributed by atoms with Crippen molar-refractivity contribution >= 4 is 0 Å². The summed E-state index contributed by atoms with van der Waals surface area (Å²) in [5, 5.41) is 0. The van der Waals surface area contributed by atoms with Crippen molar-refractivity contribution in [3.8, 4) is 5.75 Å². The fourth-order valence-electron chi connectivity index (χ4n) is 2.92. The minimum Gasteiger partial charge on any atom is -0.496 e. The highest BCUT2D eigenvalue weighted by atomic mass is 19.1. The Morgan fingerprint density at radius 2 is 1.89 bits per heavy atom. The van der Waals surface area contributed by atoms with E-state index < -0.39 is 0 Å². The molecule has 1 aliphatic carbocycles. The smallest absolute Gasteiger partial charge is 0.131 e. The molecule has 0 aromatic heterocycles. The lowest BCUT2D eigenvalue weighted by molar-refractivity contribution is 0.348. The van der Waals surface area contributed by atoms with Gasteiger partial charge in [-0.15, -0.1) is 0 Å². The van der Waals surface area contributed by atoms with Gasteiger partial charge in [0.15, 0.2) is 0 Å². The Morgan fingerprint density at radius 1 is 1.22 bits per heavy atom. The standard InChI is InChI=1S/C15H22FNO/c1-18-13-10-6-9-12(16)14(13)15(17)11-7-4-2-3-5-8-11/h6,9-11,15H,2-5,7-8,17H2,1H3. The maximum Gasteiger partial charge on any atom is 0.131 e. The van der Waals surface area contributed by atoms with E-state index in [0.717, 1.165) is 12.8 Å². The van der Waals surface area contributed by atoms with Crippen LogP contribution in [0.2, 0.25) is 0 Å². The molecule has 1 unspecified atom stereocenters. The Balaban J connectivity index is 2.23. The fourth-order valence-corrected chi connectivity index (χ4v) is 2.92. The van der Waals surface area contributed by atoms with Crippen LogP contribution in [0.25, 0.3) is 0 Å². The van der Waals surface area contributed by atoms with E-state index in [2.05, 4.69) is 0 Å². The van der Waals surface area contributed by atoms with E-state index in [4.69, 9.17) is 10.5 Å². The molecule has 100 valence electrons. The molecule has 1 aromatic rings. The van der Waals surface area contributed by atoms with Crippen molar-refractivity contribution in [3.05, 3.63) is 29.6 Å². The van der Waals surface area contributed by atoms with E-state index in [-0.39, 0.29) is 11.9 Å². The number of methoxy groups -OCH3 is 1. The zero-order chi connectivity index (χ0) is 13.0. The first-order chi connectivity index (χ1) is 8.74. The SMILES string of the molecule is COc1cccc(F)c1C(N)C1CCCCCC1. The van der Waals surface area contributed by atoms with Gasteiger partial charge in [-0.2, -0.15) is 0 Å². The van der Waals surface area contributed by atoms with E-state index in [1.54, 1.807) is 19.2 Å². The van der Waals surface area contributed by atoms with Crippen LogP contribution in [0.1, 0.15) is 50.1 Å². The van der Waals surface area contributed by atoms with Crippen LogP contribution in [-0.4, -0.2) is 7.11 Å². The summed E-state index contributed by atoms with van der Waals surface area (Å²) >= 11 is 0. The molecule has 2 N–H and O–H groups in total. The van der Waals surface area contributed by atoms with Gasteiger partial charge in [-0.1, -0.05) is 31.7 Å². The molecule has 1 aliphatic rings. The van der Waals surface area contributed by atoms with E-state index >= 15 is 0 Å². The topological polar surface area (TPSA) is 35.2 Å². The molecule has 1 aromatic carbocycles. The van der Waals surface area contributed by atoms with Crippen LogP contribution in [0, 0.1) is 11.7 Å². The van der Waals surface area contributed by atoms with Gasteiger partial charge in [-0.25, -0.2) is 4.39 Å².